The first-order valence-electron chi connectivity index (χ1n) is 6.70. The molecule has 1 amide bonds. The van der Waals surface area contributed by atoms with Crippen molar-refractivity contribution >= 4 is 11.6 Å². The van der Waals surface area contributed by atoms with Crippen LogP contribution in [0.1, 0.15) is 26.7 Å². The van der Waals surface area contributed by atoms with Crippen LogP contribution in [0.5, 0.6) is 0 Å². The smallest absolute Gasteiger partial charge is 0.239 e. The monoisotopic (exact) mass is 264 g/mol. The normalized spacial score (nSPS) is 11.1. The average Bonchev–Trinajstić information content (AvgIpc) is 2.42. The van der Waals surface area contributed by atoms with E-state index in [1.807, 2.05) is 30.3 Å². The minimum Gasteiger partial charge on any atom is -0.396 e. The SMILES string of the molecule is CC(C)(CCCO)CNC(=O)CNc1ccccc1. The minimum atomic E-state index is -0.0130. The summed E-state index contributed by atoms with van der Waals surface area (Å²) in [6.45, 7) is 5.29. The fraction of sp³-hybridized carbons (Fsp3) is 0.533. The zero-order chi connectivity index (χ0) is 14.1. The van der Waals surface area contributed by atoms with Gasteiger partial charge in [0.25, 0.3) is 0 Å². The van der Waals surface area contributed by atoms with Crippen molar-refractivity contribution in [2.45, 2.75) is 26.7 Å². The fourth-order valence-corrected chi connectivity index (χ4v) is 1.78. The number of hydrogen-bond acceptors (Lipinski definition) is 3. The molecule has 1 aromatic rings. The van der Waals surface area contributed by atoms with Gasteiger partial charge in [-0.15, -0.1) is 0 Å². The van der Waals surface area contributed by atoms with Gasteiger partial charge in [0.2, 0.25) is 5.91 Å². The van der Waals surface area contributed by atoms with Crippen LogP contribution in [0.25, 0.3) is 0 Å². The van der Waals surface area contributed by atoms with E-state index in [0.29, 0.717) is 6.54 Å². The Hall–Kier alpha value is -1.55. The van der Waals surface area contributed by atoms with Gasteiger partial charge in [-0.05, 0) is 30.4 Å². The van der Waals surface area contributed by atoms with Crippen LogP contribution >= 0.6 is 0 Å². The first-order valence-corrected chi connectivity index (χ1v) is 6.70. The van der Waals surface area contributed by atoms with Gasteiger partial charge in [0.15, 0.2) is 0 Å². The van der Waals surface area contributed by atoms with Crippen molar-refractivity contribution in [2.24, 2.45) is 5.41 Å². The Morgan fingerprint density at radius 3 is 2.58 bits per heavy atom. The number of hydrogen-bond donors (Lipinski definition) is 3. The molecular formula is C15H24N2O2. The van der Waals surface area contributed by atoms with E-state index in [4.69, 9.17) is 5.11 Å². The highest BCUT2D eigenvalue weighted by Gasteiger charge is 2.18. The van der Waals surface area contributed by atoms with Crippen molar-refractivity contribution in [3.63, 3.8) is 0 Å². The Balaban J connectivity index is 2.24. The zero-order valence-electron chi connectivity index (χ0n) is 11.8. The van der Waals surface area contributed by atoms with Crippen molar-refractivity contribution in [3.05, 3.63) is 30.3 Å². The van der Waals surface area contributed by atoms with E-state index in [1.54, 1.807) is 0 Å². The third-order valence-electron chi connectivity index (χ3n) is 3.00. The Morgan fingerprint density at radius 1 is 1.26 bits per heavy atom. The molecule has 0 atom stereocenters. The molecule has 1 rings (SSSR count). The molecule has 0 saturated carbocycles. The summed E-state index contributed by atoms with van der Waals surface area (Å²) in [6.07, 6.45) is 1.67. The van der Waals surface area contributed by atoms with Crippen LogP contribution < -0.4 is 10.6 Å². The van der Waals surface area contributed by atoms with Gasteiger partial charge in [0.05, 0.1) is 6.54 Å². The molecule has 106 valence electrons. The maximum atomic E-state index is 11.7. The maximum Gasteiger partial charge on any atom is 0.239 e. The van der Waals surface area contributed by atoms with Gasteiger partial charge in [-0.1, -0.05) is 32.0 Å². The van der Waals surface area contributed by atoms with Gasteiger partial charge in [-0.3, -0.25) is 4.79 Å². The molecule has 0 radical (unpaired) electrons. The minimum absolute atomic E-state index is 0.0130. The van der Waals surface area contributed by atoms with Crippen molar-refractivity contribution in [1.29, 1.82) is 0 Å². The van der Waals surface area contributed by atoms with Gasteiger partial charge in [0.1, 0.15) is 0 Å². The van der Waals surface area contributed by atoms with Gasteiger partial charge < -0.3 is 15.7 Å². The lowest BCUT2D eigenvalue weighted by atomic mass is 9.88. The van der Waals surface area contributed by atoms with Crippen LogP contribution in [0.4, 0.5) is 5.69 Å². The van der Waals surface area contributed by atoms with Crippen molar-refractivity contribution in [3.8, 4) is 0 Å². The molecule has 4 nitrogen and oxygen atoms in total. The number of aliphatic hydroxyl groups is 1. The maximum absolute atomic E-state index is 11.7. The first kappa shape index (κ1) is 15.5. The number of aliphatic hydroxyl groups excluding tert-OH is 1. The van der Waals surface area contributed by atoms with E-state index >= 15 is 0 Å². The summed E-state index contributed by atoms with van der Waals surface area (Å²) in [5, 5.41) is 14.8. The predicted octanol–water partition coefficient (Wildman–Crippen LogP) is 2.01. The molecule has 0 unspecified atom stereocenters. The number of nitrogens with one attached hydrogen (secondary N) is 2. The Morgan fingerprint density at radius 2 is 1.95 bits per heavy atom. The summed E-state index contributed by atoms with van der Waals surface area (Å²) < 4.78 is 0. The molecule has 0 bridgehead atoms. The summed E-state index contributed by atoms with van der Waals surface area (Å²) >= 11 is 0. The highest BCUT2D eigenvalue weighted by molar-refractivity contribution is 5.80. The predicted molar refractivity (Wildman–Crippen MR) is 78.0 cm³/mol. The van der Waals surface area contributed by atoms with E-state index in [0.717, 1.165) is 18.5 Å². The molecule has 3 N–H and O–H groups in total. The molecule has 0 aliphatic heterocycles. The fourth-order valence-electron chi connectivity index (χ4n) is 1.78. The lowest BCUT2D eigenvalue weighted by Gasteiger charge is -2.24. The van der Waals surface area contributed by atoms with E-state index in [1.165, 1.54) is 0 Å². The molecule has 0 saturated heterocycles. The van der Waals surface area contributed by atoms with Crippen LogP contribution in [0.15, 0.2) is 30.3 Å². The highest BCUT2D eigenvalue weighted by atomic mass is 16.2. The highest BCUT2D eigenvalue weighted by Crippen LogP contribution is 2.20. The lowest BCUT2D eigenvalue weighted by Crippen LogP contribution is -2.37. The largest absolute Gasteiger partial charge is 0.396 e. The van der Waals surface area contributed by atoms with Gasteiger partial charge >= 0.3 is 0 Å². The molecule has 4 heteroatoms. The van der Waals surface area contributed by atoms with Crippen LogP contribution in [0.2, 0.25) is 0 Å². The first-order chi connectivity index (χ1) is 9.03. The average molecular weight is 264 g/mol. The number of anilines is 1. The molecule has 1 aromatic carbocycles. The molecule has 0 spiro atoms. The number of carbonyl (C=O) groups is 1. The Kier molecular flexibility index (Phi) is 6.36. The van der Waals surface area contributed by atoms with Crippen molar-refractivity contribution in [2.75, 3.05) is 25.0 Å². The Labute approximate surface area is 115 Å². The van der Waals surface area contributed by atoms with E-state index < -0.39 is 0 Å². The molecule has 0 aliphatic rings. The third kappa shape index (κ3) is 6.82. The molecule has 0 fully saturated rings. The zero-order valence-corrected chi connectivity index (χ0v) is 11.8. The summed E-state index contributed by atoms with van der Waals surface area (Å²) in [5.41, 5.74) is 0.961. The molecule has 19 heavy (non-hydrogen) atoms. The number of carbonyl (C=O) groups excluding carboxylic acids is 1. The van der Waals surface area contributed by atoms with Crippen molar-refractivity contribution in [1.82, 2.24) is 5.32 Å². The number of amides is 1. The number of para-hydroxylation sites is 1. The second-order valence-electron chi connectivity index (χ2n) is 5.49. The lowest BCUT2D eigenvalue weighted by molar-refractivity contribution is -0.119. The second kappa shape index (κ2) is 7.79. The van der Waals surface area contributed by atoms with Gasteiger partial charge in [0, 0.05) is 18.8 Å². The summed E-state index contributed by atoms with van der Waals surface area (Å²) in [4.78, 5) is 11.7. The summed E-state index contributed by atoms with van der Waals surface area (Å²) in [7, 11) is 0. The van der Waals surface area contributed by atoms with E-state index in [9.17, 15) is 4.79 Å². The van der Waals surface area contributed by atoms with Crippen LogP contribution in [-0.2, 0) is 4.79 Å². The van der Waals surface area contributed by atoms with Crippen LogP contribution in [0.3, 0.4) is 0 Å². The van der Waals surface area contributed by atoms with Gasteiger partial charge in [-0.2, -0.15) is 0 Å². The summed E-state index contributed by atoms with van der Waals surface area (Å²) in [6, 6.07) is 9.66. The summed E-state index contributed by atoms with van der Waals surface area (Å²) in [5.74, 6) is -0.0130. The number of benzene rings is 1. The topological polar surface area (TPSA) is 61.4 Å². The standard InChI is InChI=1S/C15H24N2O2/c1-15(2,9-6-10-18)12-17-14(19)11-16-13-7-4-3-5-8-13/h3-5,7-8,16,18H,6,9-12H2,1-2H3,(H,17,19). The molecule has 0 aliphatic carbocycles. The molecule has 0 aromatic heterocycles. The van der Waals surface area contributed by atoms with E-state index in [2.05, 4.69) is 24.5 Å². The quantitative estimate of drug-likeness (QED) is 0.673. The van der Waals surface area contributed by atoms with Crippen LogP contribution in [-0.4, -0.2) is 30.7 Å². The van der Waals surface area contributed by atoms with Gasteiger partial charge in [-0.25, -0.2) is 0 Å². The molecular weight excluding hydrogens is 240 g/mol. The Bertz CT molecular complexity index is 377. The van der Waals surface area contributed by atoms with E-state index in [-0.39, 0.29) is 24.5 Å². The number of rotatable bonds is 8. The molecule has 0 heterocycles. The van der Waals surface area contributed by atoms with Crippen molar-refractivity contribution < 1.29 is 9.90 Å². The third-order valence-corrected chi connectivity index (χ3v) is 3.00. The van der Waals surface area contributed by atoms with Crippen LogP contribution in [0, 0.1) is 5.41 Å². The second-order valence-corrected chi connectivity index (χ2v) is 5.49.